The lowest BCUT2D eigenvalue weighted by Crippen LogP contribution is -2.02. The van der Waals surface area contributed by atoms with Crippen molar-refractivity contribution in [3.05, 3.63) is 31.6 Å². The first-order valence-corrected chi connectivity index (χ1v) is 7.53. The standard InChI is InChI=1S/C12H13BrN2S2/c1-7(2)5-9-10(13)12(16)15-11(14-9)8-3-4-17-6-8/h3-4,6-7H,5H2,1-2H3,(H,14,15,16). The Morgan fingerprint density at radius 2 is 2.29 bits per heavy atom. The fraction of sp³-hybridized carbons (Fsp3) is 0.333. The molecule has 1 N–H and O–H groups in total. The lowest BCUT2D eigenvalue weighted by atomic mass is 10.1. The van der Waals surface area contributed by atoms with Gasteiger partial charge in [-0.15, -0.1) is 0 Å². The number of hydrogen-bond acceptors (Lipinski definition) is 3. The number of rotatable bonds is 3. The van der Waals surface area contributed by atoms with Crippen molar-refractivity contribution in [2.24, 2.45) is 5.92 Å². The van der Waals surface area contributed by atoms with Crippen LogP contribution in [0.4, 0.5) is 0 Å². The van der Waals surface area contributed by atoms with Crippen LogP contribution in [-0.2, 0) is 6.42 Å². The van der Waals surface area contributed by atoms with E-state index < -0.39 is 0 Å². The van der Waals surface area contributed by atoms with Gasteiger partial charge in [0.1, 0.15) is 10.5 Å². The van der Waals surface area contributed by atoms with Crippen LogP contribution in [0.3, 0.4) is 0 Å². The summed E-state index contributed by atoms with van der Waals surface area (Å²) in [6, 6.07) is 2.05. The third kappa shape index (κ3) is 3.03. The maximum Gasteiger partial charge on any atom is 0.144 e. The Kier molecular flexibility index (Phi) is 4.12. The minimum absolute atomic E-state index is 0.578. The molecule has 0 unspecified atom stereocenters. The average molecular weight is 329 g/mol. The molecular weight excluding hydrogens is 316 g/mol. The largest absolute Gasteiger partial charge is 0.342 e. The number of nitrogens with zero attached hydrogens (tertiary/aromatic N) is 1. The van der Waals surface area contributed by atoms with Crippen LogP contribution in [0.5, 0.6) is 0 Å². The van der Waals surface area contributed by atoms with Crippen molar-refractivity contribution in [3.8, 4) is 11.4 Å². The van der Waals surface area contributed by atoms with Gasteiger partial charge in [-0.3, -0.25) is 0 Å². The van der Waals surface area contributed by atoms with Crippen molar-refractivity contribution < 1.29 is 0 Å². The Bertz CT molecular complexity index is 558. The summed E-state index contributed by atoms with van der Waals surface area (Å²) >= 11 is 10.4. The Labute approximate surface area is 118 Å². The van der Waals surface area contributed by atoms with E-state index in [9.17, 15) is 0 Å². The van der Waals surface area contributed by atoms with Gasteiger partial charge in [-0.05, 0) is 39.7 Å². The van der Waals surface area contributed by atoms with Crippen molar-refractivity contribution in [1.29, 1.82) is 0 Å². The molecule has 0 aliphatic rings. The van der Waals surface area contributed by atoms with Crippen LogP contribution in [0.2, 0.25) is 0 Å². The van der Waals surface area contributed by atoms with Crippen LogP contribution in [0.15, 0.2) is 21.3 Å². The highest BCUT2D eigenvalue weighted by Crippen LogP contribution is 2.24. The summed E-state index contributed by atoms with van der Waals surface area (Å²) in [5.41, 5.74) is 2.22. The molecule has 2 nitrogen and oxygen atoms in total. The molecule has 0 saturated carbocycles. The van der Waals surface area contributed by atoms with E-state index in [1.807, 2.05) is 11.4 Å². The second-order valence-corrected chi connectivity index (χ2v) is 6.25. The van der Waals surface area contributed by atoms with Gasteiger partial charge >= 0.3 is 0 Å². The molecule has 0 atom stereocenters. The lowest BCUT2D eigenvalue weighted by molar-refractivity contribution is 0.632. The zero-order valence-electron chi connectivity index (χ0n) is 9.66. The molecule has 0 amide bonds. The Balaban J connectivity index is 2.50. The smallest absolute Gasteiger partial charge is 0.144 e. The predicted octanol–water partition coefficient (Wildman–Crippen LogP) is 4.83. The first-order chi connectivity index (χ1) is 8.08. The normalized spacial score (nSPS) is 11.1. The van der Waals surface area contributed by atoms with E-state index in [1.165, 1.54) is 0 Å². The van der Waals surface area contributed by atoms with Crippen LogP contribution in [0.25, 0.3) is 11.4 Å². The first-order valence-electron chi connectivity index (χ1n) is 5.39. The summed E-state index contributed by atoms with van der Waals surface area (Å²) in [7, 11) is 0. The molecule has 0 aliphatic heterocycles. The van der Waals surface area contributed by atoms with E-state index >= 15 is 0 Å². The van der Waals surface area contributed by atoms with Gasteiger partial charge in [0.25, 0.3) is 0 Å². The molecule has 0 aliphatic carbocycles. The molecule has 5 heteroatoms. The van der Waals surface area contributed by atoms with Crippen molar-refractivity contribution in [3.63, 3.8) is 0 Å². The minimum atomic E-state index is 0.578. The van der Waals surface area contributed by atoms with E-state index in [1.54, 1.807) is 11.3 Å². The van der Waals surface area contributed by atoms with Crippen molar-refractivity contribution in [2.75, 3.05) is 0 Å². The molecule has 17 heavy (non-hydrogen) atoms. The second-order valence-electron chi connectivity index (χ2n) is 4.29. The monoisotopic (exact) mass is 328 g/mol. The summed E-state index contributed by atoms with van der Waals surface area (Å²) in [5.74, 6) is 1.43. The number of aromatic amines is 1. The highest BCUT2D eigenvalue weighted by Gasteiger charge is 2.09. The Hall–Kier alpha value is -0.520. The van der Waals surface area contributed by atoms with Crippen LogP contribution in [-0.4, -0.2) is 9.97 Å². The third-order valence-electron chi connectivity index (χ3n) is 2.34. The summed E-state index contributed by atoms with van der Waals surface area (Å²) in [5, 5.41) is 4.11. The molecule has 90 valence electrons. The van der Waals surface area contributed by atoms with E-state index in [0.717, 1.165) is 28.0 Å². The molecule has 2 heterocycles. The van der Waals surface area contributed by atoms with E-state index in [0.29, 0.717) is 10.6 Å². The average Bonchev–Trinajstić information content (AvgIpc) is 2.77. The number of H-pyrrole nitrogens is 1. The fourth-order valence-corrected chi connectivity index (χ4v) is 2.79. The van der Waals surface area contributed by atoms with Crippen LogP contribution < -0.4 is 0 Å². The topological polar surface area (TPSA) is 28.7 Å². The van der Waals surface area contributed by atoms with E-state index in [2.05, 4.69) is 45.1 Å². The summed E-state index contributed by atoms with van der Waals surface area (Å²) < 4.78 is 1.54. The van der Waals surface area contributed by atoms with Gasteiger partial charge in [0.15, 0.2) is 0 Å². The van der Waals surface area contributed by atoms with Gasteiger partial charge < -0.3 is 4.98 Å². The number of aromatic nitrogens is 2. The van der Waals surface area contributed by atoms with Gasteiger partial charge in [0, 0.05) is 16.6 Å². The number of halogens is 1. The fourth-order valence-electron chi connectivity index (χ4n) is 1.59. The molecular formula is C12H13BrN2S2. The van der Waals surface area contributed by atoms with Crippen LogP contribution >= 0.6 is 39.5 Å². The lowest BCUT2D eigenvalue weighted by Gasteiger charge is -2.09. The van der Waals surface area contributed by atoms with Gasteiger partial charge in [-0.2, -0.15) is 11.3 Å². The summed E-state index contributed by atoms with van der Waals surface area (Å²) in [6.45, 7) is 4.38. The number of hydrogen-bond donors (Lipinski definition) is 1. The molecule has 0 aromatic carbocycles. The van der Waals surface area contributed by atoms with Gasteiger partial charge in [-0.1, -0.05) is 26.1 Å². The van der Waals surface area contributed by atoms with Crippen molar-refractivity contribution >= 4 is 39.5 Å². The molecule has 0 radical (unpaired) electrons. The quantitative estimate of drug-likeness (QED) is 0.817. The molecule has 0 saturated heterocycles. The third-order valence-corrected chi connectivity index (χ3v) is 4.44. The zero-order chi connectivity index (χ0) is 12.4. The van der Waals surface area contributed by atoms with E-state index in [-0.39, 0.29) is 0 Å². The van der Waals surface area contributed by atoms with Crippen molar-refractivity contribution in [2.45, 2.75) is 20.3 Å². The van der Waals surface area contributed by atoms with E-state index in [4.69, 9.17) is 12.2 Å². The molecule has 2 rings (SSSR count). The maximum atomic E-state index is 5.28. The van der Waals surface area contributed by atoms with Crippen LogP contribution in [0, 0.1) is 10.6 Å². The molecule has 0 fully saturated rings. The number of nitrogens with one attached hydrogen (secondary N) is 1. The maximum absolute atomic E-state index is 5.28. The summed E-state index contributed by atoms with van der Waals surface area (Å²) in [6.07, 6.45) is 0.962. The van der Waals surface area contributed by atoms with Gasteiger partial charge in [0.05, 0.1) is 4.47 Å². The van der Waals surface area contributed by atoms with Gasteiger partial charge in [-0.25, -0.2) is 4.98 Å². The zero-order valence-corrected chi connectivity index (χ0v) is 12.9. The second kappa shape index (κ2) is 5.42. The number of thiophene rings is 1. The molecule has 0 bridgehead atoms. The summed E-state index contributed by atoms with van der Waals surface area (Å²) in [4.78, 5) is 7.77. The Morgan fingerprint density at radius 3 is 2.88 bits per heavy atom. The first kappa shape index (κ1) is 12.9. The molecule has 2 aromatic rings. The molecule has 0 spiro atoms. The minimum Gasteiger partial charge on any atom is -0.342 e. The highest BCUT2D eigenvalue weighted by atomic mass is 79.9. The van der Waals surface area contributed by atoms with Crippen LogP contribution in [0.1, 0.15) is 19.5 Å². The van der Waals surface area contributed by atoms with Gasteiger partial charge in [0.2, 0.25) is 0 Å². The SMILES string of the molecule is CC(C)Cc1[nH]c(-c2ccsc2)nc(=S)c1Br. The van der Waals surface area contributed by atoms with Crippen molar-refractivity contribution in [1.82, 2.24) is 9.97 Å². The highest BCUT2D eigenvalue weighted by molar-refractivity contribution is 9.10. The molecule has 2 aromatic heterocycles. The predicted molar refractivity (Wildman–Crippen MR) is 79.0 cm³/mol. The Morgan fingerprint density at radius 1 is 1.53 bits per heavy atom.